The first kappa shape index (κ1) is 11.0. The van der Waals surface area contributed by atoms with Crippen LogP contribution in [0, 0.1) is 0 Å². The molecule has 1 N–H and O–H groups in total. The largest absolute Gasteiger partial charge is 0.363 e. The molecule has 0 spiro atoms. The van der Waals surface area contributed by atoms with Crippen molar-refractivity contribution in [3.8, 4) is 0 Å². The molecule has 0 saturated carbocycles. The molecule has 1 amide bonds. The van der Waals surface area contributed by atoms with Gasteiger partial charge in [-0.2, -0.15) is 0 Å². The Morgan fingerprint density at radius 2 is 2.14 bits per heavy atom. The molecule has 0 radical (unpaired) electrons. The molecule has 1 heterocycles. The Hall–Kier alpha value is -1.10. The lowest BCUT2D eigenvalue weighted by atomic mass is 10.1. The molecular formula is C9H17N3O2. The summed E-state index contributed by atoms with van der Waals surface area (Å²) in [4.78, 5) is 20.9. The number of piperidine rings is 1. The molecule has 1 aliphatic rings. The van der Waals surface area contributed by atoms with Gasteiger partial charge >= 0.3 is 0 Å². The fourth-order valence-electron chi connectivity index (χ4n) is 1.40. The van der Waals surface area contributed by atoms with Gasteiger partial charge in [-0.3, -0.25) is 14.6 Å². The predicted octanol–water partition coefficient (Wildman–Crippen LogP) is 0.178. The third-order valence-electron chi connectivity index (χ3n) is 2.09. The van der Waals surface area contributed by atoms with E-state index in [9.17, 15) is 4.79 Å². The van der Waals surface area contributed by atoms with Crippen LogP contribution in [0.15, 0.2) is 4.99 Å². The van der Waals surface area contributed by atoms with Crippen LogP contribution >= 0.6 is 0 Å². The molecular weight excluding hydrogens is 182 g/mol. The van der Waals surface area contributed by atoms with Gasteiger partial charge in [0.1, 0.15) is 0 Å². The Kier molecular flexibility index (Phi) is 5.74. The van der Waals surface area contributed by atoms with Crippen molar-refractivity contribution in [2.45, 2.75) is 19.3 Å². The lowest BCUT2D eigenvalue weighted by molar-refractivity contribution is -0.120. The maximum absolute atomic E-state index is 9.80. The van der Waals surface area contributed by atoms with E-state index in [2.05, 4.69) is 15.4 Å². The summed E-state index contributed by atoms with van der Waals surface area (Å²) >= 11 is 0. The summed E-state index contributed by atoms with van der Waals surface area (Å²) in [7, 11) is 0. The van der Waals surface area contributed by atoms with Crippen LogP contribution in [0.25, 0.3) is 0 Å². The van der Waals surface area contributed by atoms with Crippen molar-refractivity contribution in [3.63, 3.8) is 0 Å². The van der Waals surface area contributed by atoms with E-state index in [0.717, 1.165) is 13.1 Å². The Bertz CT molecular complexity index is 179. The molecule has 1 rings (SSSR count). The first-order chi connectivity index (χ1) is 6.93. The van der Waals surface area contributed by atoms with Crippen LogP contribution in [0.4, 0.5) is 0 Å². The Balaban J connectivity index is 1.98. The van der Waals surface area contributed by atoms with Gasteiger partial charge in [0.05, 0.1) is 19.5 Å². The monoisotopic (exact) mass is 199 g/mol. The Labute approximate surface area is 84.1 Å². The molecule has 14 heavy (non-hydrogen) atoms. The van der Waals surface area contributed by atoms with Gasteiger partial charge in [-0.25, -0.2) is 5.48 Å². The van der Waals surface area contributed by atoms with Crippen LogP contribution in [0.3, 0.4) is 0 Å². The summed E-state index contributed by atoms with van der Waals surface area (Å²) in [5, 5.41) is 0. The van der Waals surface area contributed by atoms with Crippen molar-refractivity contribution in [1.82, 2.24) is 10.4 Å². The maximum atomic E-state index is 9.80. The number of nitrogens with one attached hydrogen (secondary N) is 1. The SMILES string of the molecule is O=CNOCC/N=C/N1CCCCC1. The minimum Gasteiger partial charge on any atom is -0.363 e. The number of amides is 1. The molecule has 0 aromatic heterocycles. The molecule has 0 bridgehead atoms. The van der Waals surface area contributed by atoms with Crippen molar-refractivity contribution in [2.75, 3.05) is 26.2 Å². The molecule has 0 aliphatic carbocycles. The number of hydrogen-bond donors (Lipinski definition) is 1. The second-order valence-electron chi connectivity index (χ2n) is 3.20. The second-order valence-corrected chi connectivity index (χ2v) is 3.20. The van der Waals surface area contributed by atoms with Crippen LogP contribution in [0.1, 0.15) is 19.3 Å². The van der Waals surface area contributed by atoms with E-state index >= 15 is 0 Å². The topological polar surface area (TPSA) is 53.9 Å². The normalized spacial score (nSPS) is 17.3. The number of hydroxylamine groups is 1. The highest BCUT2D eigenvalue weighted by molar-refractivity contribution is 5.54. The number of carbonyl (C=O) groups is 1. The van der Waals surface area contributed by atoms with Crippen molar-refractivity contribution in [2.24, 2.45) is 4.99 Å². The molecule has 5 heteroatoms. The molecule has 1 saturated heterocycles. The van der Waals surface area contributed by atoms with Crippen molar-refractivity contribution >= 4 is 12.7 Å². The van der Waals surface area contributed by atoms with Crippen molar-refractivity contribution < 1.29 is 9.63 Å². The van der Waals surface area contributed by atoms with Crippen LogP contribution in [-0.2, 0) is 9.63 Å². The summed E-state index contributed by atoms with van der Waals surface area (Å²) < 4.78 is 0. The lowest BCUT2D eigenvalue weighted by Crippen LogP contribution is -2.28. The van der Waals surface area contributed by atoms with Gasteiger partial charge in [-0.05, 0) is 19.3 Å². The summed E-state index contributed by atoms with van der Waals surface area (Å²) in [6.45, 7) is 3.22. The highest BCUT2D eigenvalue weighted by Crippen LogP contribution is 2.05. The van der Waals surface area contributed by atoms with Gasteiger partial charge in [0.25, 0.3) is 0 Å². The number of carbonyl (C=O) groups excluding carboxylic acids is 1. The van der Waals surface area contributed by atoms with E-state index in [1.165, 1.54) is 19.3 Å². The molecule has 1 fully saturated rings. The summed E-state index contributed by atoms with van der Waals surface area (Å²) in [5.41, 5.74) is 2.12. The van der Waals surface area contributed by atoms with Crippen LogP contribution in [0.2, 0.25) is 0 Å². The summed E-state index contributed by atoms with van der Waals surface area (Å²) in [6, 6.07) is 0. The van der Waals surface area contributed by atoms with E-state index < -0.39 is 0 Å². The third-order valence-corrected chi connectivity index (χ3v) is 2.09. The molecule has 0 atom stereocenters. The number of hydrogen-bond acceptors (Lipinski definition) is 3. The van der Waals surface area contributed by atoms with E-state index in [1.807, 2.05) is 6.34 Å². The first-order valence-electron chi connectivity index (χ1n) is 4.98. The Morgan fingerprint density at radius 3 is 2.86 bits per heavy atom. The van der Waals surface area contributed by atoms with Crippen LogP contribution in [0.5, 0.6) is 0 Å². The molecule has 0 unspecified atom stereocenters. The lowest BCUT2D eigenvalue weighted by Gasteiger charge is -2.23. The average molecular weight is 199 g/mol. The van der Waals surface area contributed by atoms with Gasteiger partial charge in [-0.15, -0.1) is 0 Å². The fraction of sp³-hybridized carbons (Fsp3) is 0.778. The van der Waals surface area contributed by atoms with Crippen molar-refractivity contribution in [1.29, 1.82) is 0 Å². The maximum Gasteiger partial charge on any atom is 0.230 e. The zero-order chi connectivity index (χ0) is 10.1. The molecule has 0 aromatic rings. The van der Waals surface area contributed by atoms with Gasteiger partial charge in [-0.1, -0.05) is 0 Å². The zero-order valence-electron chi connectivity index (χ0n) is 8.32. The van der Waals surface area contributed by atoms with Gasteiger partial charge < -0.3 is 4.90 Å². The minimum atomic E-state index is 0.420. The highest BCUT2D eigenvalue weighted by atomic mass is 16.6. The van der Waals surface area contributed by atoms with Crippen LogP contribution < -0.4 is 5.48 Å². The number of rotatable bonds is 6. The van der Waals surface area contributed by atoms with E-state index in [1.54, 1.807) is 0 Å². The van der Waals surface area contributed by atoms with Gasteiger partial charge in [0, 0.05) is 13.1 Å². The second kappa shape index (κ2) is 7.32. The minimum absolute atomic E-state index is 0.420. The van der Waals surface area contributed by atoms with Crippen LogP contribution in [-0.4, -0.2) is 43.9 Å². The zero-order valence-corrected chi connectivity index (χ0v) is 8.32. The third kappa shape index (κ3) is 4.81. The summed E-state index contributed by atoms with van der Waals surface area (Å²) in [6.07, 6.45) is 6.24. The predicted molar refractivity (Wildman–Crippen MR) is 53.9 cm³/mol. The van der Waals surface area contributed by atoms with Gasteiger partial charge in [0.2, 0.25) is 6.41 Å². The van der Waals surface area contributed by atoms with Crippen molar-refractivity contribution in [3.05, 3.63) is 0 Å². The average Bonchev–Trinajstić information content (AvgIpc) is 2.25. The molecule has 5 nitrogen and oxygen atoms in total. The van der Waals surface area contributed by atoms with E-state index in [-0.39, 0.29) is 0 Å². The summed E-state index contributed by atoms with van der Waals surface area (Å²) in [5.74, 6) is 0. The number of likely N-dealkylation sites (tertiary alicyclic amines) is 1. The van der Waals surface area contributed by atoms with E-state index in [0.29, 0.717) is 19.6 Å². The highest BCUT2D eigenvalue weighted by Gasteiger charge is 2.04. The first-order valence-corrected chi connectivity index (χ1v) is 4.98. The van der Waals surface area contributed by atoms with E-state index in [4.69, 9.17) is 4.84 Å². The smallest absolute Gasteiger partial charge is 0.230 e. The molecule has 0 aromatic carbocycles. The Morgan fingerprint density at radius 1 is 1.36 bits per heavy atom. The number of aliphatic imine (C=N–C) groups is 1. The standard InChI is InChI=1S/C9H17N3O2/c13-9-11-14-7-4-10-8-12-5-2-1-3-6-12/h8-9H,1-7H2,(H,11,13)/b10-8+. The quantitative estimate of drug-likeness (QED) is 0.218. The fourth-order valence-corrected chi connectivity index (χ4v) is 1.40. The van der Waals surface area contributed by atoms with Gasteiger partial charge in [0.15, 0.2) is 0 Å². The molecule has 80 valence electrons. The molecule has 1 aliphatic heterocycles. The number of nitrogens with zero attached hydrogens (tertiary/aromatic N) is 2.